The number of urea groups is 1. The van der Waals surface area contributed by atoms with Gasteiger partial charge < -0.3 is 15.4 Å². The van der Waals surface area contributed by atoms with E-state index >= 15 is 0 Å². The molecule has 0 atom stereocenters. The summed E-state index contributed by atoms with van der Waals surface area (Å²) in [6.45, 7) is 3.70. The summed E-state index contributed by atoms with van der Waals surface area (Å²) in [7, 11) is 0. The van der Waals surface area contributed by atoms with Crippen LogP contribution in [0, 0.1) is 13.8 Å². The molecule has 0 aliphatic carbocycles. The second-order valence-electron chi connectivity index (χ2n) is 7.70. The molecule has 0 fully saturated rings. The van der Waals surface area contributed by atoms with E-state index in [2.05, 4.69) is 10.6 Å². The molecule has 4 aromatic carbocycles. The summed E-state index contributed by atoms with van der Waals surface area (Å²) in [5.74, 6) is 1.20. The summed E-state index contributed by atoms with van der Waals surface area (Å²) >= 11 is 20.4. The SMILES string of the molecule is Cc1cc(NC(=O)Nc2ccccc2Cl)c(C)c(Cl)c1Oc1ccc(Sc2ccc(Cl)cc2)cc1. The van der Waals surface area contributed by atoms with Gasteiger partial charge >= 0.3 is 6.03 Å². The highest BCUT2D eigenvalue weighted by atomic mass is 35.5. The monoisotopic (exact) mass is 542 g/mol. The summed E-state index contributed by atoms with van der Waals surface area (Å²) < 4.78 is 6.11. The molecule has 2 N–H and O–H groups in total. The number of carbonyl (C=O) groups excluding carboxylic acids is 1. The highest BCUT2D eigenvalue weighted by Gasteiger charge is 2.16. The molecule has 4 rings (SSSR count). The molecule has 0 heterocycles. The Morgan fingerprint density at radius 1 is 0.800 bits per heavy atom. The Hall–Kier alpha value is -2.83. The number of ether oxygens (including phenoxy) is 1. The molecule has 0 saturated carbocycles. The normalized spacial score (nSPS) is 10.7. The minimum absolute atomic E-state index is 0.417. The lowest BCUT2D eigenvalue weighted by Crippen LogP contribution is -2.20. The molecule has 178 valence electrons. The molecule has 0 aromatic heterocycles. The van der Waals surface area contributed by atoms with E-state index in [9.17, 15) is 4.79 Å². The van der Waals surface area contributed by atoms with Crippen LogP contribution in [0.2, 0.25) is 15.1 Å². The zero-order chi connectivity index (χ0) is 24.9. The van der Waals surface area contributed by atoms with Crippen LogP contribution in [-0.2, 0) is 0 Å². The molecule has 8 heteroatoms. The van der Waals surface area contributed by atoms with Gasteiger partial charge in [-0.2, -0.15) is 0 Å². The smallest absolute Gasteiger partial charge is 0.323 e. The summed E-state index contributed by atoms with van der Waals surface area (Å²) in [6, 6.07) is 23.9. The maximum atomic E-state index is 12.5. The van der Waals surface area contributed by atoms with Crippen LogP contribution in [0.25, 0.3) is 0 Å². The van der Waals surface area contributed by atoms with Gasteiger partial charge in [0, 0.05) is 20.5 Å². The van der Waals surface area contributed by atoms with Gasteiger partial charge in [-0.15, -0.1) is 0 Å². The van der Waals surface area contributed by atoms with Crippen molar-refractivity contribution < 1.29 is 9.53 Å². The standard InChI is InChI=1S/C27H21Cl3N2O2S/c1-16-15-24(32-27(33)31-23-6-4-3-5-22(23)29)17(2)25(30)26(16)34-19-9-13-21(14-10-19)35-20-11-7-18(28)8-12-20/h3-15H,1-2H3,(H2,31,32,33). The molecule has 2 amide bonds. The zero-order valence-electron chi connectivity index (χ0n) is 18.9. The van der Waals surface area contributed by atoms with E-state index in [-0.39, 0.29) is 0 Å². The Kier molecular flexibility index (Phi) is 8.14. The molecule has 4 nitrogen and oxygen atoms in total. The number of hydrogen-bond acceptors (Lipinski definition) is 3. The third-order valence-electron chi connectivity index (χ3n) is 5.11. The first-order valence-corrected chi connectivity index (χ1v) is 12.6. The largest absolute Gasteiger partial charge is 0.456 e. The van der Waals surface area contributed by atoms with Crippen molar-refractivity contribution in [3.8, 4) is 11.5 Å². The molecule has 0 saturated heterocycles. The predicted molar refractivity (Wildman–Crippen MR) is 147 cm³/mol. The van der Waals surface area contributed by atoms with Crippen LogP contribution >= 0.6 is 46.6 Å². The average Bonchev–Trinajstić information content (AvgIpc) is 2.84. The van der Waals surface area contributed by atoms with Crippen LogP contribution in [0.4, 0.5) is 16.2 Å². The maximum Gasteiger partial charge on any atom is 0.323 e. The molecule has 0 spiro atoms. The van der Waals surface area contributed by atoms with Gasteiger partial charge in [0.1, 0.15) is 11.5 Å². The first-order chi connectivity index (χ1) is 16.8. The quantitative estimate of drug-likeness (QED) is 0.254. The van der Waals surface area contributed by atoms with Crippen molar-refractivity contribution >= 4 is 64.0 Å². The van der Waals surface area contributed by atoms with Gasteiger partial charge in [-0.1, -0.05) is 58.7 Å². The Labute approximate surface area is 223 Å². The number of hydrogen-bond donors (Lipinski definition) is 2. The topological polar surface area (TPSA) is 50.4 Å². The first kappa shape index (κ1) is 25.3. The Morgan fingerprint density at radius 2 is 1.40 bits per heavy atom. The molecular formula is C27H21Cl3N2O2S. The number of nitrogens with one attached hydrogen (secondary N) is 2. The Bertz CT molecular complexity index is 1360. The Balaban J connectivity index is 1.46. The zero-order valence-corrected chi connectivity index (χ0v) is 21.9. The number of aryl methyl sites for hydroxylation is 1. The predicted octanol–water partition coefficient (Wildman–Crippen LogP) is 9.85. The van der Waals surface area contributed by atoms with Gasteiger partial charge in [0.15, 0.2) is 0 Å². The second-order valence-corrected chi connectivity index (χ2v) is 10.1. The lowest BCUT2D eigenvalue weighted by molar-refractivity contribution is 0.262. The fraction of sp³-hybridized carbons (Fsp3) is 0.0741. The van der Waals surface area contributed by atoms with Crippen LogP contribution in [0.1, 0.15) is 11.1 Å². The van der Waals surface area contributed by atoms with Crippen LogP contribution in [0.5, 0.6) is 11.5 Å². The molecule has 0 radical (unpaired) electrons. The second kappa shape index (κ2) is 11.3. The number of halogens is 3. The molecule has 4 aromatic rings. The van der Waals surface area contributed by atoms with Gasteiger partial charge in [-0.25, -0.2) is 4.79 Å². The van der Waals surface area contributed by atoms with Crippen LogP contribution < -0.4 is 15.4 Å². The molecule has 0 aliphatic heterocycles. The highest BCUT2D eigenvalue weighted by Crippen LogP contribution is 2.39. The third-order valence-corrected chi connectivity index (χ3v) is 7.17. The van der Waals surface area contributed by atoms with Crippen molar-refractivity contribution in [2.24, 2.45) is 0 Å². The van der Waals surface area contributed by atoms with Gasteiger partial charge in [0.25, 0.3) is 0 Å². The fourth-order valence-corrected chi connectivity index (χ4v) is 4.69. The fourth-order valence-electron chi connectivity index (χ4n) is 3.28. The molecule has 0 bridgehead atoms. The molecule has 0 aliphatic rings. The van der Waals surface area contributed by atoms with Crippen molar-refractivity contribution in [2.75, 3.05) is 10.6 Å². The number of anilines is 2. The molecule has 0 unspecified atom stereocenters. The average molecular weight is 544 g/mol. The van der Waals surface area contributed by atoms with Crippen molar-refractivity contribution in [3.05, 3.63) is 105 Å². The number of para-hydroxylation sites is 1. The molecular weight excluding hydrogens is 523 g/mol. The summed E-state index contributed by atoms with van der Waals surface area (Å²) in [5.41, 5.74) is 2.58. The van der Waals surface area contributed by atoms with Crippen molar-refractivity contribution in [1.82, 2.24) is 0 Å². The lowest BCUT2D eigenvalue weighted by Gasteiger charge is -2.17. The van der Waals surface area contributed by atoms with E-state index in [1.54, 1.807) is 36.0 Å². The van der Waals surface area contributed by atoms with Crippen LogP contribution in [-0.4, -0.2) is 6.03 Å². The van der Waals surface area contributed by atoms with Crippen molar-refractivity contribution in [3.63, 3.8) is 0 Å². The summed E-state index contributed by atoms with van der Waals surface area (Å²) in [6.07, 6.45) is 0. The third kappa shape index (κ3) is 6.44. The highest BCUT2D eigenvalue weighted by molar-refractivity contribution is 7.99. The van der Waals surface area contributed by atoms with Crippen molar-refractivity contribution in [2.45, 2.75) is 23.6 Å². The van der Waals surface area contributed by atoms with E-state index in [1.165, 1.54) is 0 Å². The summed E-state index contributed by atoms with van der Waals surface area (Å²) in [4.78, 5) is 14.7. The summed E-state index contributed by atoms with van der Waals surface area (Å²) in [5, 5.41) is 7.17. The van der Waals surface area contributed by atoms with E-state index in [0.29, 0.717) is 43.5 Å². The maximum absolute atomic E-state index is 12.5. The van der Waals surface area contributed by atoms with Crippen LogP contribution in [0.15, 0.2) is 88.7 Å². The van der Waals surface area contributed by atoms with Crippen molar-refractivity contribution in [1.29, 1.82) is 0 Å². The van der Waals surface area contributed by atoms with Gasteiger partial charge in [-0.05, 0) is 91.7 Å². The van der Waals surface area contributed by atoms with E-state index in [0.717, 1.165) is 15.4 Å². The Morgan fingerprint density at radius 3 is 2.06 bits per heavy atom. The minimum atomic E-state index is -0.417. The van der Waals surface area contributed by atoms with Gasteiger partial charge in [0.2, 0.25) is 0 Å². The van der Waals surface area contributed by atoms with Gasteiger partial charge in [0.05, 0.1) is 15.7 Å². The number of benzene rings is 4. The number of amides is 2. The number of carbonyl (C=O) groups is 1. The number of rotatable bonds is 6. The molecule has 35 heavy (non-hydrogen) atoms. The van der Waals surface area contributed by atoms with E-state index < -0.39 is 6.03 Å². The lowest BCUT2D eigenvalue weighted by atomic mass is 10.1. The first-order valence-electron chi connectivity index (χ1n) is 10.6. The van der Waals surface area contributed by atoms with E-state index in [4.69, 9.17) is 39.5 Å². The van der Waals surface area contributed by atoms with Gasteiger partial charge in [-0.3, -0.25) is 0 Å². The van der Waals surface area contributed by atoms with Crippen LogP contribution in [0.3, 0.4) is 0 Å². The minimum Gasteiger partial charge on any atom is -0.456 e. The van der Waals surface area contributed by atoms with E-state index in [1.807, 2.05) is 68.4 Å².